The Hall–Kier alpha value is -1.12. The lowest BCUT2D eigenvalue weighted by Crippen LogP contribution is -2.37. The fourth-order valence-corrected chi connectivity index (χ4v) is 2.46. The third kappa shape index (κ3) is 3.69. The maximum atomic E-state index is 10.4. The molecular weight excluding hydrogens is 222 g/mol. The summed E-state index contributed by atoms with van der Waals surface area (Å²) in [6, 6.07) is 9.86. The quantitative estimate of drug-likeness (QED) is 0.782. The van der Waals surface area contributed by atoms with Crippen LogP contribution in [0.4, 0.5) is 0 Å². The molecule has 2 nitrogen and oxygen atoms in total. The molecule has 0 aliphatic heterocycles. The maximum absolute atomic E-state index is 10.4. The Morgan fingerprint density at radius 2 is 2.06 bits per heavy atom. The highest BCUT2D eigenvalue weighted by Crippen LogP contribution is 2.20. The van der Waals surface area contributed by atoms with Crippen LogP contribution in [-0.2, 0) is 5.60 Å². The molecule has 2 rings (SSSR count). The molecule has 0 amide bonds. The minimum atomic E-state index is -0.786. The number of hydrogen-bond donors (Lipinski definition) is 2. The van der Waals surface area contributed by atoms with Crippen LogP contribution in [0, 0.1) is 5.92 Å². The fraction of sp³-hybridized carbons (Fsp3) is 0.500. The molecule has 1 aliphatic carbocycles. The van der Waals surface area contributed by atoms with E-state index in [1.807, 2.05) is 37.3 Å². The third-order valence-corrected chi connectivity index (χ3v) is 3.68. The van der Waals surface area contributed by atoms with Gasteiger partial charge < -0.3 is 10.4 Å². The summed E-state index contributed by atoms with van der Waals surface area (Å²) in [5.74, 6) is 0.724. The lowest BCUT2D eigenvalue weighted by atomic mass is 9.93. The Kier molecular flexibility index (Phi) is 4.56. The summed E-state index contributed by atoms with van der Waals surface area (Å²) >= 11 is 0. The topological polar surface area (TPSA) is 32.3 Å². The van der Waals surface area contributed by atoms with Crippen LogP contribution in [0.25, 0.3) is 0 Å². The van der Waals surface area contributed by atoms with Gasteiger partial charge in [-0.2, -0.15) is 0 Å². The highest BCUT2D eigenvalue weighted by molar-refractivity contribution is 5.21. The number of rotatable bonds is 5. The van der Waals surface area contributed by atoms with Gasteiger partial charge in [0.2, 0.25) is 0 Å². The Balaban J connectivity index is 1.80. The molecule has 2 atom stereocenters. The van der Waals surface area contributed by atoms with Crippen LogP contribution in [0.5, 0.6) is 0 Å². The largest absolute Gasteiger partial charge is 0.384 e. The van der Waals surface area contributed by atoms with E-state index in [1.165, 1.54) is 19.3 Å². The van der Waals surface area contributed by atoms with E-state index in [-0.39, 0.29) is 0 Å². The highest BCUT2D eigenvalue weighted by atomic mass is 16.3. The number of benzene rings is 1. The van der Waals surface area contributed by atoms with E-state index in [2.05, 4.69) is 17.5 Å². The van der Waals surface area contributed by atoms with Gasteiger partial charge in [-0.3, -0.25) is 0 Å². The van der Waals surface area contributed by atoms with Gasteiger partial charge in [0.1, 0.15) is 0 Å². The molecule has 0 saturated heterocycles. The monoisotopic (exact) mass is 245 g/mol. The van der Waals surface area contributed by atoms with E-state index in [9.17, 15) is 5.11 Å². The fourth-order valence-electron chi connectivity index (χ4n) is 2.46. The zero-order valence-corrected chi connectivity index (χ0v) is 11.1. The second kappa shape index (κ2) is 6.17. The van der Waals surface area contributed by atoms with Crippen LogP contribution < -0.4 is 5.32 Å². The van der Waals surface area contributed by atoms with Crippen molar-refractivity contribution < 1.29 is 5.11 Å². The maximum Gasteiger partial charge on any atom is 0.0992 e. The zero-order valence-electron chi connectivity index (χ0n) is 11.1. The van der Waals surface area contributed by atoms with Gasteiger partial charge in [-0.05, 0) is 44.2 Å². The molecule has 0 bridgehead atoms. The predicted molar refractivity (Wildman–Crippen MR) is 75.4 cm³/mol. The van der Waals surface area contributed by atoms with Gasteiger partial charge in [-0.1, -0.05) is 42.5 Å². The molecule has 0 saturated carbocycles. The number of allylic oxidation sites excluding steroid dienone is 2. The van der Waals surface area contributed by atoms with Gasteiger partial charge in [-0.15, -0.1) is 0 Å². The normalized spacial score (nSPS) is 22.7. The molecule has 2 unspecified atom stereocenters. The average Bonchev–Trinajstić information content (AvgIpc) is 2.41. The summed E-state index contributed by atoms with van der Waals surface area (Å²) in [5, 5.41) is 13.8. The first-order chi connectivity index (χ1) is 8.68. The summed E-state index contributed by atoms with van der Waals surface area (Å²) in [7, 11) is 0. The van der Waals surface area contributed by atoms with Gasteiger partial charge in [0, 0.05) is 6.54 Å². The molecule has 1 aromatic rings. The van der Waals surface area contributed by atoms with Gasteiger partial charge in [0.25, 0.3) is 0 Å². The summed E-state index contributed by atoms with van der Waals surface area (Å²) in [4.78, 5) is 0. The molecule has 0 aromatic heterocycles. The third-order valence-electron chi connectivity index (χ3n) is 3.68. The van der Waals surface area contributed by atoms with Crippen molar-refractivity contribution in [3.63, 3.8) is 0 Å². The zero-order chi connectivity index (χ0) is 12.8. The average molecular weight is 245 g/mol. The van der Waals surface area contributed by atoms with Crippen molar-refractivity contribution in [1.82, 2.24) is 5.32 Å². The van der Waals surface area contributed by atoms with Crippen LogP contribution >= 0.6 is 0 Å². The molecule has 0 heterocycles. The second-order valence-electron chi connectivity index (χ2n) is 5.42. The van der Waals surface area contributed by atoms with Crippen molar-refractivity contribution in [2.45, 2.75) is 31.8 Å². The first kappa shape index (κ1) is 13.3. The van der Waals surface area contributed by atoms with E-state index >= 15 is 0 Å². The van der Waals surface area contributed by atoms with Crippen LogP contribution in [0.2, 0.25) is 0 Å². The van der Waals surface area contributed by atoms with Crippen molar-refractivity contribution >= 4 is 0 Å². The summed E-state index contributed by atoms with van der Waals surface area (Å²) < 4.78 is 0. The van der Waals surface area contributed by atoms with E-state index < -0.39 is 5.60 Å². The van der Waals surface area contributed by atoms with Gasteiger partial charge in [0.05, 0.1) is 5.60 Å². The number of hydrogen-bond acceptors (Lipinski definition) is 2. The lowest BCUT2D eigenvalue weighted by molar-refractivity contribution is 0.0559. The van der Waals surface area contributed by atoms with Crippen LogP contribution in [0.15, 0.2) is 42.5 Å². The van der Waals surface area contributed by atoms with Crippen molar-refractivity contribution in [3.05, 3.63) is 48.0 Å². The highest BCUT2D eigenvalue weighted by Gasteiger charge is 2.22. The first-order valence-corrected chi connectivity index (χ1v) is 6.82. The lowest BCUT2D eigenvalue weighted by Gasteiger charge is -2.26. The smallest absolute Gasteiger partial charge is 0.0992 e. The van der Waals surface area contributed by atoms with Gasteiger partial charge in [-0.25, -0.2) is 0 Å². The Morgan fingerprint density at radius 3 is 2.72 bits per heavy atom. The van der Waals surface area contributed by atoms with Gasteiger partial charge >= 0.3 is 0 Å². The standard InChI is InChI=1S/C16H23NO/c1-16(18,15-10-6-3-7-11-15)13-17-12-14-8-4-2-5-9-14/h2-4,6-7,10-11,14,17-18H,5,8-9,12-13H2,1H3. The molecule has 18 heavy (non-hydrogen) atoms. The second-order valence-corrected chi connectivity index (χ2v) is 5.42. The van der Waals surface area contributed by atoms with E-state index in [0.29, 0.717) is 6.54 Å². The van der Waals surface area contributed by atoms with Crippen LogP contribution in [0.3, 0.4) is 0 Å². The molecule has 0 radical (unpaired) electrons. The van der Waals surface area contributed by atoms with Crippen molar-refractivity contribution in [2.75, 3.05) is 13.1 Å². The van der Waals surface area contributed by atoms with E-state index in [0.717, 1.165) is 18.0 Å². The molecule has 1 aromatic carbocycles. The van der Waals surface area contributed by atoms with E-state index in [4.69, 9.17) is 0 Å². The minimum absolute atomic E-state index is 0.608. The SMILES string of the molecule is CC(O)(CNCC1CC=CCC1)c1ccccc1. The molecule has 0 spiro atoms. The molecule has 0 fully saturated rings. The molecule has 98 valence electrons. The Bertz CT molecular complexity index is 383. The Labute approximate surface area is 110 Å². The first-order valence-electron chi connectivity index (χ1n) is 6.82. The molecule has 2 heteroatoms. The van der Waals surface area contributed by atoms with Crippen molar-refractivity contribution in [1.29, 1.82) is 0 Å². The summed E-state index contributed by atoms with van der Waals surface area (Å²) in [5.41, 5.74) is 0.187. The van der Waals surface area contributed by atoms with Crippen LogP contribution in [-0.4, -0.2) is 18.2 Å². The summed E-state index contributed by atoms with van der Waals surface area (Å²) in [6.07, 6.45) is 8.15. The molecular formula is C16H23NO. The molecule has 2 N–H and O–H groups in total. The Morgan fingerprint density at radius 1 is 1.28 bits per heavy atom. The minimum Gasteiger partial charge on any atom is -0.384 e. The number of aliphatic hydroxyl groups is 1. The summed E-state index contributed by atoms with van der Waals surface area (Å²) in [6.45, 7) is 3.47. The molecule has 1 aliphatic rings. The predicted octanol–water partition coefficient (Wildman–Crippen LogP) is 2.84. The van der Waals surface area contributed by atoms with Crippen molar-refractivity contribution in [3.8, 4) is 0 Å². The number of nitrogens with one attached hydrogen (secondary N) is 1. The van der Waals surface area contributed by atoms with Crippen molar-refractivity contribution in [2.24, 2.45) is 5.92 Å². The van der Waals surface area contributed by atoms with Crippen LogP contribution in [0.1, 0.15) is 31.7 Å². The van der Waals surface area contributed by atoms with Gasteiger partial charge in [0.15, 0.2) is 0 Å². The van der Waals surface area contributed by atoms with E-state index in [1.54, 1.807) is 0 Å².